The van der Waals surface area contributed by atoms with Gasteiger partial charge in [0.05, 0.1) is 6.61 Å². The van der Waals surface area contributed by atoms with Crippen molar-refractivity contribution in [1.29, 1.82) is 0 Å². The standard InChI is InChI=1S/C17H17BBr2O2/c19-11-13-5-1-3-7-15(13)17-9-10-21-22-18(17)16-8-4-2-6-14(16)12-20/h1-8,17H,9-12H2. The molecule has 2 aromatic carbocycles. The average molecular weight is 424 g/mol. The summed E-state index contributed by atoms with van der Waals surface area (Å²) in [5.41, 5.74) is 5.11. The minimum Gasteiger partial charge on any atom is -0.298 e. The van der Waals surface area contributed by atoms with Gasteiger partial charge in [-0.2, -0.15) is 0 Å². The molecule has 0 radical (unpaired) electrons. The van der Waals surface area contributed by atoms with Crippen LogP contribution < -0.4 is 5.46 Å². The van der Waals surface area contributed by atoms with Crippen LogP contribution in [0.15, 0.2) is 48.5 Å². The van der Waals surface area contributed by atoms with E-state index in [2.05, 4.69) is 80.4 Å². The van der Waals surface area contributed by atoms with Gasteiger partial charge in [0.1, 0.15) is 0 Å². The van der Waals surface area contributed by atoms with Crippen molar-refractivity contribution >= 4 is 44.2 Å². The van der Waals surface area contributed by atoms with Gasteiger partial charge >= 0.3 is 6.92 Å². The molecule has 1 saturated heterocycles. The third-order valence-electron chi connectivity index (χ3n) is 4.15. The summed E-state index contributed by atoms with van der Waals surface area (Å²) in [5, 5.41) is 1.67. The summed E-state index contributed by atoms with van der Waals surface area (Å²) in [4.78, 5) is 11.1. The Kier molecular flexibility index (Phi) is 5.74. The van der Waals surface area contributed by atoms with Crippen LogP contribution in [0.2, 0.25) is 0 Å². The van der Waals surface area contributed by atoms with E-state index in [0.717, 1.165) is 17.1 Å². The molecule has 2 nitrogen and oxygen atoms in total. The lowest BCUT2D eigenvalue weighted by Gasteiger charge is -2.30. The Hall–Kier alpha value is -0.615. The summed E-state index contributed by atoms with van der Waals surface area (Å²) in [7, 11) is 0. The molecule has 1 atom stereocenters. The fourth-order valence-corrected chi connectivity index (χ4v) is 4.07. The first kappa shape index (κ1) is 16.3. The van der Waals surface area contributed by atoms with Gasteiger partial charge in [-0.3, -0.25) is 9.69 Å². The van der Waals surface area contributed by atoms with E-state index in [1.54, 1.807) is 0 Å². The monoisotopic (exact) mass is 422 g/mol. The maximum atomic E-state index is 5.74. The number of halogens is 2. The van der Waals surface area contributed by atoms with Gasteiger partial charge in [-0.1, -0.05) is 80.4 Å². The second kappa shape index (κ2) is 7.78. The largest absolute Gasteiger partial charge is 0.380 e. The molecule has 3 rings (SSSR count). The summed E-state index contributed by atoms with van der Waals surface area (Å²) in [6.45, 7) is 0.566. The van der Waals surface area contributed by atoms with Crippen LogP contribution in [-0.4, -0.2) is 13.5 Å². The van der Waals surface area contributed by atoms with Gasteiger partial charge in [-0.25, -0.2) is 0 Å². The summed E-state index contributed by atoms with van der Waals surface area (Å²) in [6.07, 6.45) is 0.964. The van der Waals surface area contributed by atoms with Crippen molar-refractivity contribution in [2.24, 2.45) is 0 Å². The SMILES string of the molecule is BrCc1ccccc1B1OOCCC1c1ccccc1CBr. The number of hydrogen-bond acceptors (Lipinski definition) is 2. The predicted molar refractivity (Wildman–Crippen MR) is 97.9 cm³/mol. The fraction of sp³-hybridized carbons (Fsp3) is 0.294. The van der Waals surface area contributed by atoms with Gasteiger partial charge in [-0.05, 0) is 28.6 Å². The van der Waals surface area contributed by atoms with Crippen LogP contribution in [0.3, 0.4) is 0 Å². The van der Waals surface area contributed by atoms with E-state index in [-0.39, 0.29) is 6.92 Å². The van der Waals surface area contributed by atoms with E-state index >= 15 is 0 Å². The van der Waals surface area contributed by atoms with Crippen LogP contribution in [0.1, 0.15) is 28.9 Å². The van der Waals surface area contributed by atoms with Crippen LogP contribution in [0.5, 0.6) is 0 Å². The quantitative estimate of drug-likeness (QED) is 0.413. The molecule has 0 N–H and O–H groups in total. The van der Waals surface area contributed by atoms with E-state index in [9.17, 15) is 0 Å². The normalized spacial score (nSPS) is 18.5. The van der Waals surface area contributed by atoms with Gasteiger partial charge in [0.2, 0.25) is 0 Å². The van der Waals surface area contributed by atoms with E-state index in [1.165, 1.54) is 22.2 Å². The van der Waals surface area contributed by atoms with Crippen LogP contribution >= 0.6 is 31.9 Å². The molecule has 22 heavy (non-hydrogen) atoms. The number of hydrogen-bond donors (Lipinski definition) is 0. The number of alkyl halides is 2. The Morgan fingerprint density at radius 1 is 0.955 bits per heavy atom. The molecule has 0 saturated carbocycles. The highest BCUT2D eigenvalue weighted by molar-refractivity contribution is 9.08. The first-order valence-corrected chi connectivity index (χ1v) is 9.65. The molecule has 0 aromatic heterocycles. The molecule has 1 fully saturated rings. The summed E-state index contributed by atoms with van der Waals surface area (Å²) in [5.74, 6) is 0.308. The third-order valence-corrected chi connectivity index (χ3v) is 5.36. The lowest BCUT2D eigenvalue weighted by molar-refractivity contribution is -0.224. The van der Waals surface area contributed by atoms with Crippen molar-refractivity contribution in [2.45, 2.75) is 22.9 Å². The third kappa shape index (κ3) is 3.33. The van der Waals surface area contributed by atoms with E-state index < -0.39 is 0 Å². The van der Waals surface area contributed by atoms with Crippen molar-refractivity contribution in [3.63, 3.8) is 0 Å². The highest BCUT2D eigenvalue weighted by atomic mass is 79.9. The lowest BCUT2D eigenvalue weighted by atomic mass is 9.47. The first-order valence-electron chi connectivity index (χ1n) is 7.41. The molecule has 1 aliphatic heterocycles. The van der Waals surface area contributed by atoms with Gasteiger partial charge < -0.3 is 0 Å². The van der Waals surface area contributed by atoms with E-state index in [1.807, 2.05) is 0 Å². The van der Waals surface area contributed by atoms with Gasteiger partial charge in [0.25, 0.3) is 0 Å². The smallest absolute Gasteiger partial charge is 0.298 e. The van der Waals surface area contributed by atoms with E-state index in [0.29, 0.717) is 12.4 Å². The molecule has 0 spiro atoms. The molecule has 1 unspecified atom stereocenters. The van der Waals surface area contributed by atoms with E-state index in [4.69, 9.17) is 9.69 Å². The zero-order valence-electron chi connectivity index (χ0n) is 12.2. The average Bonchev–Trinajstić information content (AvgIpc) is 2.61. The molecule has 114 valence electrons. The van der Waals surface area contributed by atoms with Gasteiger partial charge in [-0.15, -0.1) is 0 Å². The topological polar surface area (TPSA) is 18.5 Å². The lowest BCUT2D eigenvalue weighted by Crippen LogP contribution is -2.45. The van der Waals surface area contributed by atoms with Crippen molar-refractivity contribution in [2.75, 3.05) is 6.61 Å². The fourth-order valence-electron chi connectivity index (χ4n) is 3.05. The minimum atomic E-state index is -0.0669. The molecule has 0 aliphatic carbocycles. The molecule has 5 heteroatoms. The second-order valence-corrected chi connectivity index (χ2v) is 6.52. The summed E-state index contributed by atoms with van der Waals surface area (Å²) < 4.78 is 0. The van der Waals surface area contributed by atoms with Crippen LogP contribution in [0, 0.1) is 0 Å². The molecule has 1 aliphatic rings. The van der Waals surface area contributed by atoms with Crippen molar-refractivity contribution in [3.05, 3.63) is 65.2 Å². The highest BCUT2D eigenvalue weighted by Gasteiger charge is 2.37. The maximum Gasteiger partial charge on any atom is 0.380 e. The van der Waals surface area contributed by atoms with Crippen molar-refractivity contribution in [1.82, 2.24) is 0 Å². The van der Waals surface area contributed by atoms with Gasteiger partial charge in [0, 0.05) is 16.5 Å². The van der Waals surface area contributed by atoms with Crippen LogP contribution in [-0.2, 0) is 20.4 Å². The molecule has 0 amide bonds. The van der Waals surface area contributed by atoms with Crippen molar-refractivity contribution in [3.8, 4) is 0 Å². The van der Waals surface area contributed by atoms with Crippen LogP contribution in [0.25, 0.3) is 0 Å². The summed E-state index contributed by atoms with van der Waals surface area (Å²) >= 11 is 7.18. The maximum absolute atomic E-state index is 5.74. The zero-order chi connectivity index (χ0) is 15.4. The minimum absolute atomic E-state index is 0.0669. The Morgan fingerprint density at radius 2 is 1.64 bits per heavy atom. The van der Waals surface area contributed by atoms with Crippen LogP contribution in [0.4, 0.5) is 0 Å². The summed E-state index contributed by atoms with van der Waals surface area (Å²) in [6, 6.07) is 17.0. The first-order chi connectivity index (χ1) is 10.8. The molecule has 1 heterocycles. The number of benzene rings is 2. The zero-order valence-corrected chi connectivity index (χ0v) is 15.3. The molecular weight excluding hydrogens is 407 g/mol. The predicted octanol–water partition coefficient (Wildman–Crippen LogP) is 4.35. The second-order valence-electron chi connectivity index (χ2n) is 5.40. The highest BCUT2D eigenvalue weighted by Crippen LogP contribution is 2.31. The Bertz CT molecular complexity index is 580. The Labute approximate surface area is 148 Å². The molecule has 2 aromatic rings. The van der Waals surface area contributed by atoms with Crippen molar-refractivity contribution < 1.29 is 9.69 Å². The molecule has 0 bridgehead atoms. The Morgan fingerprint density at radius 3 is 2.41 bits per heavy atom. The number of rotatable bonds is 4. The van der Waals surface area contributed by atoms with Gasteiger partial charge in [0.15, 0.2) is 0 Å². The molecular formula is C17H17BBr2O2. The Balaban J connectivity index is 2.01.